The molecule has 3 rings (SSSR count). The number of alkyl halides is 2. The molecule has 0 atom stereocenters. The number of carbonyl (C=O) groups excluding carboxylic acids is 1. The minimum Gasteiger partial charge on any atom is -0.481 e. The molecule has 0 unspecified atom stereocenters. The number of amides is 1. The second-order valence-electron chi connectivity index (χ2n) is 6.60. The van der Waals surface area contributed by atoms with Crippen molar-refractivity contribution in [3.63, 3.8) is 0 Å². The first-order chi connectivity index (χ1) is 14.3. The second-order valence-corrected chi connectivity index (χ2v) is 6.60. The second kappa shape index (κ2) is 8.86. The van der Waals surface area contributed by atoms with Crippen LogP contribution in [0.2, 0.25) is 0 Å². The lowest BCUT2D eigenvalue weighted by molar-refractivity contribution is 0.101. The van der Waals surface area contributed by atoms with E-state index in [9.17, 15) is 18.0 Å². The predicted octanol–water partition coefficient (Wildman–Crippen LogP) is 5.78. The van der Waals surface area contributed by atoms with Crippen LogP contribution < -0.4 is 15.4 Å². The van der Waals surface area contributed by atoms with E-state index in [0.29, 0.717) is 28.5 Å². The lowest BCUT2D eigenvalue weighted by Gasteiger charge is -2.17. The highest BCUT2D eigenvalue weighted by atomic mass is 19.3. The van der Waals surface area contributed by atoms with Gasteiger partial charge in [0.1, 0.15) is 5.82 Å². The van der Waals surface area contributed by atoms with Crippen LogP contribution in [0.25, 0.3) is 0 Å². The third kappa shape index (κ3) is 4.53. The molecular formula is C22H20F3N3O2. The number of pyridine rings is 1. The Balaban J connectivity index is 2.00. The molecule has 0 spiro atoms. The van der Waals surface area contributed by atoms with Gasteiger partial charge in [-0.05, 0) is 49.7 Å². The van der Waals surface area contributed by atoms with E-state index in [1.807, 2.05) is 0 Å². The van der Waals surface area contributed by atoms with Gasteiger partial charge in [0.05, 0.1) is 29.7 Å². The summed E-state index contributed by atoms with van der Waals surface area (Å²) in [7, 11) is 1.47. The fraction of sp³-hybridized carbons (Fsp3) is 0.182. The maximum absolute atomic E-state index is 13.7. The number of ether oxygens (including phenoxy) is 1. The highest BCUT2D eigenvalue weighted by molar-refractivity contribution is 6.09. The summed E-state index contributed by atoms with van der Waals surface area (Å²) in [6.07, 6.45) is -2.86. The molecule has 0 aliphatic carbocycles. The third-order valence-corrected chi connectivity index (χ3v) is 4.53. The Morgan fingerprint density at radius 1 is 1.03 bits per heavy atom. The number of anilines is 3. The van der Waals surface area contributed by atoms with Gasteiger partial charge in [0, 0.05) is 17.3 Å². The summed E-state index contributed by atoms with van der Waals surface area (Å²) in [6, 6.07) is 11.3. The summed E-state index contributed by atoms with van der Waals surface area (Å²) in [4.78, 5) is 17.2. The first-order valence-electron chi connectivity index (χ1n) is 9.07. The van der Waals surface area contributed by atoms with Crippen molar-refractivity contribution < 1.29 is 22.7 Å². The van der Waals surface area contributed by atoms with Crippen LogP contribution in [0.4, 0.5) is 30.2 Å². The SMILES string of the molecule is COc1ccc(NC(=O)c2c(Nc3ccc(F)cc3C)cccc2C(F)F)c(C)n1. The number of carbonyl (C=O) groups is 1. The maximum atomic E-state index is 13.7. The summed E-state index contributed by atoms with van der Waals surface area (Å²) < 4.78 is 45.8. The molecule has 3 aromatic rings. The number of nitrogens with one attached hydrogen (secondary N) is 2. The fourth-order valence-corrected chi connectivity index (χ4v) is 2.99. The molecule has 5 nitrogen and oxygen atoms in total. The average molecular weight is 415 g/mol. The molecule has 30 heavy (non-hydrogen) atoms. The van der Waals surface area contributed by atoms with Crippen molar-refractivity contribution in [1.82, 2.24) is 4.98 Å². The van der Waals surface area contributed by atoms with Crippen molar-refractivity contribution in [2.24, 2.45) is 0 Å². The van der Waals surface area contributed by atoms with Crippen LogP contribution in [0.15, 0.2) is 48.5 Å². The number of benzene rings is 2. The molecule has 2 aromatic carbocycles. The van der Waals surface area contributed by atoms with Gasteiger partial charge in [-0.25, -0.2) is 18.2 Å². The van der Waals surface area contributed by atoms with Crippen molar-refractivity contribution in [2.75, 3.05) is 17.7 Å². The van der Waals surface area contributed by atoms with Crippen molar-refractivity contribution in [1.29, 1.82) is 0 Å². The zero-order chi connectivity index (χ0) is 21.8. The highest BCUT2D eigenvalue weighted by Crippen LogP contribution is 2.32. The zero-order valence-corrected chi connectivity index (χ0v) is 16.6. The van der Waals surface area contributed by atoms with E-state index in [4.69, 9.17) is 4.74 Å². The van der Waals surface area contributed by atoms with Crippen LogP contribution in [0, 0.1) is 19.7 Å². The molecule has 0 aliphatic rings. The van der Waals surface area contributed by atoms with Crippen LogP contribution >= 0.6 is 0 Å². The van der Waals surface area contributed by atoms with Gasteiger partial charge in [-0.2, -0.15) is 0 Å². The number of methoxy groups -OCH3 is 1. The molecule has 1 heterocycles. The van der Waals surface area contributed by atoms with E-state index in [1.165, 1.54) is 43.5 Å². The summed E-state index contributed by atoms with van der Waals surface area (Å²) in [5.74, 6) is -0.768. The summed E-state index contributed by atoms with van der Waals surface area (Å²) in [5, 5.41) is 5.60. The zero-order valence-electron chi connectivity index (χ0n) is 16.6. The van der Waals surface area contributed by atoms with Crippen molar-refractivity contribution in [2.45, 2.75) is 20.3 Å². The standard InChI is InChI=1S/C22H20F3N3O2/c1-12-11-14(23)7-8-16(12)27-18-6-4-5-15(21(24)25)20(18)22(29)28-17-9-10-19(30-3)26-13(17)2/h4-11,21,27H,1-3H3,(H,28,29). The Morgan fingerprint density at radius 3 is 2.40 bits per heavy atom. The number of halogens is 3. The molecule has 156 valence electrons. The third-order valence-electron chi connectivity index (χ3n) is 4.53. The van der Waals surface area contributed by atoms with E-state index >= 15 is 0 Å². The molecule has 0 fully saturated rings. The van der Waals surface area contributed by atoms with Gasteiger partial charge in [0.15, 0.2) is 0 Å². The topological polar surface area (TPSA) is 63.2 Å². The molecule has 1 amide bonds. The van der Waals surface area contributed by atoms with Crippen LogP contribution in [0.5, 0.6) is 5.88 Å². The van der Waals surface area contributed by atoms with E-state index < -0.39 is 23.7 Å². The average Bonchev–Trinajstić information content (AvgIpc) is 2.71. The lowest BCUT2D eigenvalue weighted by Crippen LogP contribution is -2.17. The summed E-state index contributed by atoms with van der Waals surface area (Å²) >= 11 is 0. The molecule has 0 aliphatic heterocycles. The quantitative estimate of drug-likeness (QED) is 0.536. The van der Waals surface area contributed by atoms with Gasteiger partial charge in [0.25, 0.3) is 12.3 Å². The lowest BCUT2D eigenvalue weighted by atomic mass is 10.0. The Morgan fingerprint density at radius 2 is 1.77 bits per heavy atom. The van der Waals surface area contributed by atoms with Crippen LogP contribution in [-0.4, -0.2) is 18.0 Å². The monoisotopic (exact) mass is 415 g/mol. The Bertz CT molecular complexity index is 1090. The van der Waals surface area contributed by atoms with Gasteiger partial charge >= 0.3 is 0 Å². The van der Waals surface area contributed by atoms with Crippen LogP contribution in [0.3, 0.4) is 0 Å². The van der Waals surface area contributed by atoms with Crippen LogP contribution in [-0.2, 0) is 0 Å². The molecular weight excluding hydrogens is 395 g/mol. The molecule has 0 saturated carbocycles. The van der Waals surface area contributed by atoms with E-state index in [2.05, 4.69) is 15.6 Å². The van der Waals surface area contributed by atoms with Crippen molar-refractivity contribution in [3.8, 4) is 5.88 Å². The molecule has 0 radical (unpaired) electrons. The van der Waals surface area contributed by atoms with Gasteiger partial charge in [-0.3, -0.25) is 4.79 Å². The van der Waals surface area contributed by atoms with E-state index in [1.54, 1.807) is 26.0 Å². The molecule has 2 N–H and O–H groups in total. The number of hydrogen-bond donors (Lipinski definition) is 2. The first-order valence-corrected chi connectivity index (χ1v) is 9.07. The molecule has 0 bridgehead atoms. The minimum absolute atomic E-state index is 0.180. The van der Waals surface area contributed by atoms with Crippen LogP contribution in [0.1, 0.15) is 33.6 Å². The van der Waals surface area contributed by atoms with E-state index in [0.717, 1.165) is 0 Å². The normalized spacial score (nSPS) is 10.8. The molecule has 0 saturated heterocycles. The summed E-state index contributed by atoms with van der Waals surface area (Å²) in [5.41, 5.74) is 1.47. The smallest absolute Gasteiger partial charge is 0.264 e. The largest absolute Gasteiger partial charge is 0.481 e. The van der Waals surface area contributed by atoms with E-state index in [-0.39, 0.29) is 11.3 Å². The highest BCUT2D eigenvalue weighted by Gasteiger charge is 2.23. The fourth-order valence-electron chi connectivity index (χ4n) is 2.99. The Kier molecular flexibility index (Phi) is 6.25. The summed E-state index contributed by atoms with van der Waals surface area (Å²) in [6.45, 7) is 3.34. The van der Waals surface area contributed by atoms with Crippen molar-refractivity contribution in [3.05, 3.63) is 76.7 Å². The number of hydrogen-bond acceptors (Lipinski definition) is 4. The Hall–Kier alpha value is -3.55. The molecule has 1 aromatic heterocycles. The van der Waals surface area contributed by atoms with Gasteiger partial charge < -0.3 is 15.4 Å². The minimum atomic E-state index is -2.86. The first kappa shape index (κ1) is 21.2. The van der Waals surface area contributed by atoms with Crippen molar-refractivity contribution >= 4 is 23.0 Å². The predicted molar refractivity (Wildman–Crippen MR) is 109 cm³/mol. The van der Waals surface area contributed by atoms with Gasteiger partial charge in [0.2, 0.25) is 5.88 Å². The number of rotatable bonds is 6. The molecule has 8 heteroatoms. The number of aryl methyl sites for hydroxylation is 2. The number of aromatic nitrogens is 1. The maximum Gasteiger partial charge on any atom is 0.264 e. The Labute approximate surface area is 171 Å². The van der Waals surface area contributed by atoms with Gasteiger partial charge in [-0.1, -0.05) is 12.1 Å². The van der Waals surface area contributed by atoms with Gasteiger partial charge in [-0.15, -0.1) is 0 Å². The number of nitrogens with zero attached hydrogens (tertiary/aromatic N) is 1.